The van der Waals surface area contributed by atoms with Crippen LogP contribution in [0.25, 0.3) is 0 Å². The van der Waals surface area contributed by atoms with Gasteiger partial charge in [-0.2, -0.15) is 0 Å². The van der Waals surface area contributed by atoms with Gasteiger partial charge in [0.05, 0.1) is 10.3 Å². The predicted octanol–water partition coefficient (Wildman–Crippen LogP) is 2.88. The molecule has 2 rings (SSSR count). The smallest absolute Gasteiger partial charge is 0.137 e. The molecule has 0 unspecified atom stereocenters. The highest BCUT2D eigenvalue weighted by molar-refractivity contribution is 9.10. The maximum atomic E-state index is 13.4. The normalized spacial score (nSPS) is 15.1. The van der Waals surface area contributed by atoms with Crippen molar-refractivity contribution >= 4 is 21.8 Å². The molecule has 0 radical (unpaired) electrons. The zero-order valence-corrected chi connectivity index (χ0v) is 11.7. The van der Waals surface area contributed by atoms with Crippen molar-refractivity contribution in [2.75, 3.05) is 6.54 Å². The zero-order chi connectivity index (χ0) is 13.1. The Morgan fingerprint density at radius 3 is 2.83 bits per heavy atom. The molecule has 0 atom stereocenters. The summed E-state index contributed by atoms with van der Waals surface area (Å²) in [6.07, 6.45) is 2.94. The first kappa shape index (κ1) is 13.5. The van der Waals surface area contributed by atoms with Crippen molar-refractivity contribution in [3.05, 3.63) is 34.1 Å². The predicted molar refractivity (Wildman–Crippen MR) is 74.1 cm³/mol. The van der Waals surface area contributed by atoms with E-state index in [1.165, 1.54) is 18.9 Å². The van der Waals surface area contributed by atoms with Crippen LogP contribution in [0, 0.1) is 11.2 Å². The quantitative estimate of drug-likeness (QED) is 0.627. The number of hydrogen-bond acceptors (Lipinski definition) is 2. The molecular weight excluding hydrogens is 297 g/mol. The molecule has 0 aliphatic heterocycles. The first-order valence-corrected chi connectivity index (χ1v) is 6.87. The van der Waals surface area contributed by atoms with Crippen molar-refractivity contribution in [1.29, 1.82) is 5.41 Å². The maximum absolute atomic E-state index is 13.4. The van der Waals surface area contributed by atoms with E-state index in [1.54, 1.807) is 6.07 Å². The van der Waals surface area contributed by atoms with Crippen molar-refractivity contribution in [3.63, 3.8) is 0 Å². The van der Waals surface area contributed by atoms with E-state index in [1.807, 2.05) is 6.07 Å². The van der Waals surface area contributed by atoms with Crippen LogP contribution in [-0.4, -0.2) is 23.3 Å². The van der Waals surface area contributed by atoms with Crippen LogP contribution in [0.15, 0.2) is 22.7 Å². The molecular formula is C13H17BrFN3. The van der Waals surface area contributed by atoms with E-state index in [2.05, 4.69) is 20.8 Å². The number of hydrogen-bond donors (Lipinski definition) is 2. The summed E-state index contributed by atoms with van der Waals surface area (Å²) >= 11 is 3.29. The van der Waals surface area contributed by atoms with E-state index in [0.717, 1.165) is 12.1 Å². The van der Waals surface area contributed by atoms with E-state index in [9.17, 15) is 4.39 Å². The molecule has 0 heterocycles. The lowest BCUT2D eigenvalue weighted by Gasteiger charge is -2.22. The second-order valence-corrected chi connectivity index (χ2v) is 5.48. The summed E-state index contributed by atoms with van der Waals surface area (Å²) in [7, 11) is 0. The minimum Gasteiger partial charge on any atom is -0.388 e. The van der Waals surface area contributed by atoms with Crippen LogP contribution in [0.3, 0.4) is 0 Å². The van der Waals surface area contributed by atoms with Gasteiger partial charge in [-0.15, -0.1) is 0 Å². The van der Waals surface area contributed by atoms with Gasteiger partial charge in [-0.05, 0) is 40.4 Å². The van der Waals surface area contributed by atoms with Gasteiger partial charge in [-0.1, -0.05) is 12.1 Å². The molecule has 1 aromatic carbocycles. The number of nitrogens with two attached hydrogens (primary N) is 1. The maximum Gasteiger partial charge on any atom is 0.137 e. The fourth-order valence-corrected chi connectivity index (χ4v) is 2.37. The third kappa shape index (κ3) is 3.53. The topological polar surface area (TPSA) is 53.1 Å². The van der Waals surface area contributed by atoms with Crippen molar-refractivity contribution in [1.82, 2.24) is 4.90 Å². The average molecular weight is 314 g/mol. The summed E-state index contributed by atoms with van der Waals surface area (Å²) < 4.78 is 14.0. The largest absolute Gasteiger partial charge is 0.388 e. The molecule has 0 spiro atoms. The zero-order valence-electron chi connectivity index (χ0n) is 10.1. The van der Waals surface area contributed by atoms with Crippen LogP contribution >= 0.6 is 15.9 Å². The molecule has 3 N–H and O–H groups in total. The summed E-state index contributed by atoms with van der Waals surface area (Å²) in [4.78, 5) is 2.28. The highest BCUT2D eigenvalue weighted by Gasteiger charge is 2.29. The third-order valence-electron chi connectivity index (χ3n) is 3.14. The van der Waals surface area contributed by atoms with Gasteiger partial charge >= 0.3 is 0 Å². The Labute approximate surface area is 115 Å². The van der Waals surface area contributed by atoms with Gasteiger partial charge in [0, 0.05) is 25.6 Å². The number of benzene rings is 1. The Hall–Kier alpha value is -0.940. The van der Waals surface area contributed by atoms with Crippen LogP contribution in [0.5, 0.6) is 0 Å². The molecule has 3 nitrogen and oxygen atoms in total. The molecule has 0 saturated heterocycles. The summed E-state index contributed by atoms with van der Waals surface area (Å²) in [5.41, 5.74) is 6.35. The number of amidine groups is 1. The van der Waals surface area contributed by atoms with Gasteiger partial charge in [-0.3, -0.25) is 10.3 Å². The van der Waals surface area contributed by atoms with Gasteiger partial charge in [0.2, 0.25) is 0 Å². The Morgan fingerprint density at radius 1 is 1.50 bits per heavy atom. The van der Waals surface area contributed by atoms with E-state index in [0.29, 0.717) is 23.5 Å². The Bertz CT molecular complexity index is 446. The molecule has 0 bridgehead atoms. The van der Waals surface area contributed by atoms with E-state index >= 15 is 0 Å². The Balaban J connectivity index is 2.04. The van der Waals surface area contributed by atoms with Crippen LogP contribution < -0.4 is 5.73 Å². The van der Waals surface area contributed by atoms with E-state index in [-0.39, 0.29) is 11.7 Å². The van der Waals surface area contributed by atoms with Gasteiger partial charge in [-0.25, -0.2) is 4.39 Å². The number of halogens is 2. The summed E-state index contributed by atoms with van der Waals surface area (Å²) in [6, 6.07) is 5.67. The molecule has 0 aromatic heterocycles. The number of rotatable bonds is 6. The van der Waals surface area contributed by atoms with Crippen LogP contribution in [0.1, 0.15) is 24.8 Å². The lowest BCUT2D eigenvalue weighted by atomic mass is 10.2. The fraction of sp³-hybridized carbons (Fsp3) is 0.462. The van der Waals surface area contributed by atoms with Gasteiger partial charge in [0.15, 0.2) is 0 Å². The Kier molecular flexibility index (Phi) is 4.35. The standard InChI is InChI=1S/C13H17BrFN3/c14-13-9(2-1-3-11(13)15)8-18(10-4-5-10)7-6-12(16)17/h1-3,10H,4-8H2,(H3,16,17). The molecule has 1 aromatic rings. The van der Waals surface area contributed by atoms with E-state index in [4.69, 9.17) is 11.1 Å². The molecule has 98 valence electrons. The van der Waals surface area contributed by atoms with Gasteiger partial charge in [0.25, 0.3) is 0 Å². The fourth-order valence-electron chi connectivity index (χ4n) is 1.98. The van der Waals surface area contributed by atoms with Crippen molar-refractivity contribution in [3.8, 4) is 0 Å². The summed E-state index contributed by atoms with van der Waals surface area (Å²) in [6.45, 7) is 1.47. The minimum absolute atomic E-state index is 0.207. The average Bonchev–Trinajstić information content (AvgIpc) is 3.13. The molecule has 1 fully saturated rings. The van der Waals surface area contributed by atoms with E-state index < -0.39 is 0 Å². The summed E-state index contributed by atoms with van der Waals surface area (Å²) in [5.74, 6) is -0.0197. The molecule has 0 amide bonds. The van der Waals surface area contributed by atoms with Crippen molar-refractivity contribution in [2.45, 2.75) is 31.8 Å². The summed E-state index contributed by atoms with van der Waals surface area (Å²) in [5, 5.41) is 7.29. The number of nitrogens with one attached hydrogen (secondary N) is 1. The second kappa shape index (κ2) is 5.80. The molecule has 1 aliphatic rings. The van der Waals surface area contributed by atoms with Gasteiger partial charge in [0.1, 0.15) is 5.82 Å². The van der Waals surface area contributed by atoms with Crippen molar-refractivity contribution in [2.24, 2.45) is 5.73 Å². The molecule has 1 aliphatic carbocycles. The first-order chi connectivity index (χ1) is 8.58. The van der Waals surface area contributed by atoms with Crippen molar-refractivity contribution < 1.29 is 4.39 Å². The molecule has 18 heavy (non-hydrogen) atoms. The van der Waals surface area contributed by atoms with Gasteiger partial charge < -0.3 is 5.73 Å². The van der Waals surface area contributed by atoms with Crippen LogP contribution in [-0.2, 0) is 6.54 Å². The second-order valence-electron chi connectivity index (χ2n) is 4.69. The van der Waals surface area contributed by atoms with Crippen LogP contribution in [0.4, 0.5) is 4.39 Å². The molecule has 1 saturated carbocycles. The lowest BCUT2D eigenvalue weighted by Crippen LogP contribution is -2.29. The van der Waals surface area contributed by atoms with Crippen LogP contribution in [0.2, 0.25) is 0 Å². The minimum atomic E-state index is -0.227. The first-order valence-electron chi connectivity index (χ1n) is 6.07. The lowest BCUT2D eigenvalue weighted by molar-refractivity contribution is 0.261. The molecule has 5 heteroatoms. The SMILES string of the molecule is N=C(N)CCN(Cc1cccc(F)c1Br)C1CC1. The number of nitrogens with zero attached hydrogens (tertiary/aromatic N) is 1. The third-order valence-corrected chi connectivity index (χ3v) is 4.02. The highest BCUT2D eigenvalue weighted by atomic mass is 79.9. The monoisotopic (exact) mass is 313 g/mol. The highest BCUT2D eigenvalue weighted by Crippen LogP contribution is 2.30. The Morgan fingerprint density at radius 2 is 2.22 bits per heavy atom.